The van der Waals surface area contributed by atoms with Crippen molar-refractivity contribution in [3.63, 3.8) is 0 Å². The van der Waals surface area contributed by atoms with Gasteiger partial charge in [-0.2, -0.15) is 4.98 Å². The van der Waals surface area contributed by atoms with E-state index < -0.39 is 0 Å². The fourth-order valence-electron chi connectivity index (χ4n) is 3.36. The van der Waals surface area contributed by atoms with Gasteiger partial charge in [-0.1, -0.05) is 5.16 Å². The molecule has 3 amide bonds. The number of aromatic nitrogens is 2. The van der Waals surface area contributed by atoms with Crippen LogP contribution in [0, 0.1) is 0 Å². The molecule has 10 nitrogen and oxygen atoms in total. The molecular formula is C20H27N5O5. The van der Waals surface area contributed by atoms with Crippen LogP contribution in [0.15, 0.2) is 22.7 Å². The second-order valence-electron chi connectivity index (χ2n) is 7.03. The monoisotopic (exact) mass is 417 g/mol. The lowest BCUT2D eigenvalue weighted by Gasteiger charge is -2.29. The minimum absolute atomic E-state index is 0.0969. The zero-order valence-corrected chi connectivity index (χ0v) is 17.4. The Kier molecular flexibility index (Phi) is 7.10. The summed E-state index contributed by atoms with van der Waals surface area (Å²) in [5, 5.41) is 9.57. The van der Waals surface area contributed by atoms with E-state index >= 15 is 0 Å². The van der Waals surface area contributed by atoms with E-state index in [-0.39, 0.29) is 17.9 Å². The van der Waals surface area contributed by atoms with Gasteiger partial charge in [-0.25, -0.2) is 4.79 Å². The summed E-state index contributed by atoms with van der Waals surface area (Å²) in [6.07, 6.45) is 2.08. The van der Waals surface area contributed by atoms with Gasteiger partial charge in [-0.05, 0) is 25.0 Å². The second kappa shape index (κ2) is 9.95. The first-order valence-electron chi connectivity index (χ1n) is 9.85. The molecule has 0 spiro atoms. The highest BCUT2D eigenvalue weighted by Gasteiger charge is 2.25. The lowest BCUT2D eigenvalue weighted by atomic mass is 9.96. The highest BCUT2D eigenvalue weighted by atomic mass is 16.5. The van der Waals surface area contributed by atoms with Crippen molar-refractivity contribution in [2.45, 2.75) is 32.1 Å². The summed E-state index contributed by atoms with van der Waals surface area (Å²) in [6, 6.07) is 4.77. The number of rotatable bonds is 7. The lowest BCUT2D eigenvalue weighted by Crippen LogP contribution is -2.36. The molecule has 2 heterocycles. The Labute approximate surface area is 174 Å². The SMILES string of the molecule is COc1ccc(NC(=O)NCCc2nc(C3CCN(C(C)=O)CC3)no2)cc1OC. The molecule has 1 aliphatic rings. The van der Waals surface area contributed by atoms with Crippen LogP contribution in [0.1, 0.15) is 37.4 Å². The molecule has 1 aromatic heterocycles. The van der Waals surface area contributed by atoms with E-state index in [4.69, 9.17) is 14.0 Å². The third-order valence-electron chi connectivity index (χ3n) is 5.06. The largest absolute Gasteiger partial charge is 0.493 e. The first-order chi connectivity index (χ1) is 14.5. The normalized spacial score (nSPS) is 14.3. The number of nitrogens with one attached hydrogen (secondary N) is 2. The quantitative estimate of drug-likeness (QED) is 0.709. The molecule has 30 heavy (non-hydrogen) atoms. The molecular weight excluding hydrogens is 390 g/mol. The molecule has 0 unspecified atom stereocenters. The molecule has 1 saturated heterocycles. The van der Waals surface area contributed by atoms with Gasteiger partial charge >= 0.3 is 6.03 Å². The van der Waals surface area contributed by atoms with Crippen molar-refractivity contribution in [1.29, 1.82) is 0 Å². The third kappa shape index (κ3) is 5.40. The summed E-state index contributed by atoms with van der Waals surface area (Å²) in [5.41, 5.74) is 0.585. The molecule has 1 aromatic carbocycles. The molecule has 0 aliphatic carbocycles. The van der Waals surface area contributed by atoms with Crippen molar-refractivity contribution in [3.8, 4) is 11.5 Å². The van der Waals surface area contributed by atoms with Crippen LogP contribution < -0.4 is 20.1 Å². The number of hydrogen-bond acceptors (Lipinski definition) is 7. The summed E-state index contributed by atoms with van der Waals surface area (Å²) in [6.45, 7) is 3.36. The minimum atomic E-state index is -0.349. The van der Waals surface area contributed by atoms with Crippen LogP contribution in [-0.4, -0.2) is 60.8 Å². The van der Waals surface area contributed by atoms with Crippen LogP contribution in [0.2, 0.25) is 0 Å². The van der Waals surface area contributed by atoms with E-state index in [2.05, 4.69) is 20.8 Å². The lowest BCUT2D eigenvalue weighted by molar-refractivity contribution is -0.129. The van der Waals surface area contributed by atoms with Gasteiger partial charge in [0.15, 0.2) is 17.3 Å². The summed E-state index contributed by atoms with van der Waals surface area (Å²) >= 11 is 0. The highest BCUT2D eigenvalue weighted by Crippen LogP contribution is 2.29. The van der Waals surface area contributed by atoms with Crippen LogP contribution in [0.3, 0.4) is 0 Å². The van der Waals surface area contributed by atoms with Crippen molar-refractivity contribution in [2.24, 2.45) is 0 Å². The van der Waals surface area contributed by atoms with Crippen LogP contribution in [0.4, 0.5) is 10.5 Å². The number of ether oxygens (including phenoxy) is 2. The number of benzene rings is 1. The van der Waals surface area contributed by atoms with E-state index in [0.29, 0.717) is 55.0 Å². The molecule has 2 aromatic rings. The Bertz CT molecular complexity index is 876. The first kappa shape index (κ1) is 21.4. The van der Waals surface area contributed by atoms with Gasteiger partial charge in [0.05, 0.1) is 14.2 Å². The smallest absolute Gasteiger partial charge is 0.319 e. The third-order valence-corrected chi connectivity index (χ3v) is 5.06. The number of carbonyl (C=O) groups is 2. The number of amides is 3. The number of likely N-dealkylation sites (tertiary alicyclic amines) is 1. The van der Waals surface area contributed by atoms with Gasteiger partial charge in [-0.3, -0.25) is 4.79 Å². The molecule has 2 N–H and O–H groups in total. The highest BCUT2D eigenvalue weighted by molar-refractivity contribution is 5.89. The predicted octanol–water partition coefficient (Wildman–Crippen LogP) is 2.18. The molecule has 162 valence electrons. The van der Waals surface area contributed by atoms with E-state index in [1.54, 1.807) is 32.2 Å². The molecule has 0 atom stereocenters. The molecule has 1 aliphatic heterocycles. The molecule has 1 fully saturated rings. The van der Waals surface area contributed by atoms with Crippen molar-refractivity contribution in [1.82, 2.24) is 20.4 Å². The molecule has 0 bridgehead atoms. The summed E-state index contributed by atoms with van der Waals surface area (Å²) < 4.78 is 15.7. The topological polar surface area (TPSA) is 119 Å². The Morgan fingerprint density at radius 2 is 1.93 bits per heavy atom. The maximum Gasteiger partial charge on any atom is 0.319 e. The van der Waals surface area contributed by atoms with E-state index in [9.17, 15) is 9.59 Å². The first-order valence-corrected chi connectivity index (χ1v) is 9.85. The minimum Gasteiger partial charge on any atom is -0.493 e. The summed E-state index contributed by atoms with van der Waals surface area (Å²) in [5.74, 6) is 2.55. The fraction of sp³-hybridized carbons (Fsp3) is 0.500. The number of urea groups is 1. The van der Waals surface area contributed by atoms with Gasteiger partial charge in [0.25, 0.3) is 0 Å². The van der Waals surface area contributed by atoms with Crippen molar-refractivity contribution < 1.29 is 23.6 Å². The number of methoxy groups -OCH3 is 2. The predicted molar refractivity (Wildman–Crippen MR) is 109 cm³/mol. The van der Waals surface area contributed by atoms with Gasteiger partial charge in [0.2, 0.25) is 11.8 Å². The van der Waals surface area contributed by atoms with E-state index in [0.717, 1.165) is 12.8 Å². The van der Waals surface area contributed by atoms with Gasteiger partial charge < -0.3 is 29.5 Å². The van der Waals surface area contributed by atoms with Gasteiger partial charge in [-0.15, -0.1) is 0 Å². The Morgan fingerprint density at radius 1 is 1.20 bits per heavy atom. The van der Waals surface area contributed by atoms with E-state index in [1.807, 2.05) is 4.90 Å². The average Bonchev–Trinajstić information content (AvgIpc) is 3.22. The maximum atomic E-state index is 12.1. The van der Waals surface area contributed by atoms with Crippen molar-refractivity contribution >= 4 is 17.6 Å². The van der Waals surface area contributed by atoms with Crippen molar-refractivity contribution in [3.05, 3.63) is 29.9 Å². The number of carbonyl (C=O) groups excluding carboxylic acids is 2. The Morgan fingerprint density at radius 3 is 2.60 bits per heavy atom. The fourth-order valence-corrected chi connectivity index (χ4v) is 3.36. The van der Waals surface area contributed by atoms with Crippen LogP contribution in [0.5, 0.6) is 11.5 Å². The van der Waals surface area contributed by atoms with Gasteiger partial charge in [0, 0.05) is 50.7 Å². The van der Waals surface area contributed by atoms with Crippen LogP contribution >= 0.6 is 0 Å². The standard InChI is InChI=1S/C20H27N5O5/c1-13(26)25-10-7-14(8-11-25)19-23-18(30-24-19)6-9-21-20(27)22-15-4-5-16(28-2)17(12-15)29-3/h4-5,12,14H,6-11H2,1-3H3,(H2,21,22,27). The summed E-state index contributed by atoms with van der Waals surface area (Å²) in [7, 11) is 3.09. The number of anilines is 1. The molecule has 0 radical (unpaired) electrons. The second-order valence-corrected chi connectivity index (χ2v) is 7.03. The van der Waals surface area contributed by atoms with Crippen LogP contribution in [0.25, 0.3) is 0 Å². The number of hydrogen-bond donors (Lipinski definition) is 2. The number of piperidine rings is 1. The van der Waals surface area contributed by atoms with E-state index in [1.165, 1.54) is 7.11 Å². The zero-order chi connectivity index (χ0) is 21.5. The Balaban J connectivity index is 1.43. The number of nitrogens with zero attached hydrogens (tertiary/aromatic N) is 3. The molecule has 3 rings (SSSR count). The van der Waals surface area contributed by atoms with Gasteiger partial charge in [0.1, 0.15) is 0 Å². The average molecular weight is 417 g/mol. The van der Waals surface area contributed by atoms with Crippen LogP contribution in [-0.2, 0) is 11.2 Å². The van der Waals surface area contributed by atoms with Crippen molar-refractivity contribution in [2.75, 3.05) is 39.2 Å². The maximum absolute atomic E-state index is 12.1. The molecule has 10 heteroatoms. The molecule has 0 saturated carbocycles. The Hall–Kier alpha value is -3.30. The zero-order valence-electron chi connectivity index (χ0n) is 17.4. The summed E-state index contributed by atoms with van der Waals surface area (Å²) in [4.78, 5) is 29.8.